The number of hydrogen-bond acceptors (Lipinski definition) is 4. The highest BCUT2D eigenvalue weighted by Gasteiger charge is 2.17. The number of nitrogens with zero attached hydrogens (tertiary/aromatic N) is 2. The molecule has 21 heavy (non-hydrogen) atoms. The second-order valence-electron chi connectivity index (χ2n) is 5.27. The molecule has 1 fully saturated rings. The van der Waals surface area contributed by atoms with Gasteiger partial charge in [-0.3, -0.25) is 0 Å². The van der Waals surface area contributed by atoms with Crippen molar-refractivity contribution in [3.05, 3.63) is 39.7 Å². The minimum atomic E-state index is 0.589. The van der Waals surface area contributed by atoms with Crippen LogP contribution in [0.15, 0.2) is 30.3 Å². The second-order valence-corrected chi connectivity index (χ2v) is 7.64. The molecule has 2 N–H and O–H groups in total. The first-order chi connectivity index (χ1) is 10.2. The van der Waals surface area contributed by atoms with Crippen LogP contribution < -0.4 is 5.73 Å². The van der Waals surface area contributed by atoms with Crippen LogP contribution in [-0.4, -0.2) is 15.2 Å². The van der Waals surface area contributed by atoms with Gasteiger partial charge >= 0.3 is 0 Å². The van der Waals surface area contributed by atoms with Crippen LogP contribution in [0, 0.1) is 3.57 Å². The summed E-state index contributed by atoms with van der Waals surface area (Å²) in [5.74, 6) is 2.29. The van der Waals surface area contributed by atoms with Gasteiger partial charge in [-0.25, -0.2) is 9.97 Å². The van der Waals surface area contributed by atoms with Crippen molar-refractivity contribution in [3.8, 4) is 11.3 Å². The van der Waals surface area contributed by atoms with Crippen molar-refractivity contribution in [1.82, 2.24) is 9.97 Å². The molecule has 3 rings (SSSR count). The van der Waals surface area contributed by atoms with Gasteiger partial charge in [0.1, 0.15) is 11.6 Å². The molecule has 0 saturated heterocycles. The van der Waals surface area contributed by atoms with Crippen molar-refractivity contribution in [2.45, 2.75) is 36.7 Å². The average Bonchev–Trinajstić information content (AvgIpc) is 3.02. The number of aromatic nitrogens is 2. The normalized spacial score (nSPS) is 15.5. The zero-order chi connectivity index (χ0) is 14.7. The standard InChI is InChI=1S/C16H18IN3S/c17-14-15(11-6-2-1-3-7-11)19-13(20-16(14)18)10-21-12-8-4-5-9-12/h1-3,6-7,12H,4-5,8-10H2,(H2,18,19,20). The maximum atomic E-state index is 6.07. The summed E-state index contributed by atoms with van der Waals surface area (Å²) < 4.78 is 0.938. The molecular weight excluding hydrogens is 393 g/mol. The highest BCUT2D eigenvalue weighted by atomic mass is 127. The fraction of sp³-hybridized carbons (Fsp3) is 0.375. The van der Waals surface area contributed by atoms with Crippen molar-refractivity contribution in [2.75, 3.05) is 5.73 Å². The monoisotopic (exact) mass is 411 g/mol. The Kier molecular flexibility index (Phi) is 5.00. The lowest BCUT2D eigenvalue weighted by molar-refractivity contribution is 0.886. The highest BCUT2D eigenvalue weighted by Crippen LogP contribution is 2.32. The largest absolute Gasteiger partial charge is 0.383 e. The van der Waals surface area contributed by atoms with Gasteiger partial charge in [-0.05, 0) is 35.4 Å². The summed E-state index contributed by atoms with van der Waals surface area (Å²) in [6, 6.07) is 10.2. The molecule has 0 bridgehead atoms. The lowest BCUT2D eigenvalue weighted by atomic mass is 10.1. The fourth-order valence-corrected chi connectivity index (χ4v) is 4.34. The Balaban J connectivity index is 1.83. The van der Waals surface area contributed by atoms with Gasteiger partial charge in [0.15, 0.2) is 0 Å². The third kappa shape index (κ3) is 3.69. The van der Waals surface area contributed by atoms with Crippen molar-refractivity contribution >= 4 is 40.2 Å². The summed E-state index contributed by atoms with van der Waals surface area (Å²) in [6.07, 6.45) is 5.39. The number of benzene rings is 1. The molecule has 1 aliphatic carbocycles. The van der Waals surface area contributed by atoms with E-state index in [9.17, 15) is 0 Å². The topological polar surface area (TPSA) is 51.8 Å². The number of rotatable bonds is 4. The van der Waals surface area contributed by atoms with Crippen molar-refractivity contribution in [3.63, 3.8) is 0 Å². The minimum Gasteiger partial charge on any atom is -0.383 e. The van der Waals surface area contributed by atoms with E-state index < -0.39 is 0 Å². The summed E-state index contributed by atoms with van der Waals surface area (Å²) in [6.45, 7) is 0. The predicted molar refractivity (Wildman–Crippen MR) is 98.1 cm³/mol. The highest BCUT2D eigenvalue weighted by molar-refractivity contribution is 14.1. The van der Waals surface area contributed by atoms with E-state index in [0.717, 1.165) is 31.7 Å². The third-order valence-corrected chi connectivity index (χ3v) is 6.15. The quantitative estimate of drug-likeness (QED) is 0.753. The number of hydrogen-bond donors (Lipinski definition) is 1. The Morgan fingerprint density at radius 3 is 2.57 bits per heavy atom. The lowest BCUT2D eigenvalue weighted by Crippen LogP contribution is -2.05. The van der Waals surface area contributed by atoms with Gasteiger partial charge in [0.05, 0.1) is 15.0 Å². The Morgan fingerprint density at radius 2 is 1.86 bits per heavy atom. The minimum absolute atomic E-state index is 0.589. The van der Waals surface area contributed by atoms with Gasteiger partial charge in [-0.2, -0.15) is 11.8 Å². The third-order valence-electron chi connectivity index (χ3n) is 3.72. The number of nitrogen functional groups attached to an aromatic ring is 1. The van der Waals surface area contributed by atoms with E-state index >= 15 is 0 Å². The molecule has 1 heterocycles. The summed E-state index contributed by atoms with van der Waals surface area (Å²) in [5.41, 5.74) is 8.12. The average molecular weight is 411 g/mol. The molecule has 0 radical (unpaired) electrons. The van der Waals surface area contributed by atoms with Gasteiger partial charge < -0.3 is 5.73 Å². The van der Waals surface area contributed by atoms with Crippen LogP contribution >= 0.6 is 34.4 Å². The van der Waals surface area contributed by atoms with E-state index in [-0.39, 0.29) is 0 Å². The van der Waals surface area contributed by atoms with E-state index in [0.29, 0.717) is 5.82 Å². The lowest BCUT2D eigenvalue weighted by Gasteiger charge is -2.11. The zero-order valence-corrected chi connectivity index (χ0v) is 14.7. The molecule has 5 heteroatoms. The summed E-state index contributed by atoms with van der Waals surface area (Å²) in [5, 5.41) is 0.772. The number of anilines is 1. The van der Waals surface area contributed by atoms with Crippen molar-refractivity contribution in [1.29, 1.82) is 0 Å². The van der Waals surface area contributed by atoms with Crippen LogP contribution in [0.25, 0.3) is 11.3 Å². The molecule has 0 unspecified atom stereocenters. The smallest absolute Gasteiger partial charge is 0.141 e. The van der Waals surface area contributed by atoms with E-state index in [1.54, 1.807) is 0 Å². The van der Waals surface area contributed by atoms with E-state index in [1.807, 2.05) is 30.0 Å². The first-order valence-corrected chi connectivity index (χ1v) is 9.35. The summed E-state index contributed by atoms with van der Waals surface area (Å²) >= 11 is 4.21. The van der Waals surface area contributed by atoms with Crippen molar-refractivity contribution in [2.24, 2.45) is 0 Å². The molecule has 0 atom stereocenters. The van der Waals surface area contributed by atoms with Crippen LogP contribution in [0.1, 0.15) is 31.5 Å². The SMILES string of the molecule is Nc1nc(CSC2CCCC2)nc(-c2ccccc2)c1I. The Labute approximate surface area is 143 Å². The van der Waals surface area contributed by atoms with Crippen LogP contribution in [0.4, 0.5) is 5.82 Å². The first kappa shape index (κ1) is 15.1. The van der Waals surface area contributed by atoms with Gasteiger partial charge in [-0.15, -0.1) is 0 Å². The maximum absolute atomic E-state index is 6.07. The van der Waals surface area contributed by atoms with Crippen LogP contribution in [0.5, 0.6) is 0 Å². The number of halogens is 1. The van der Waals surface area contributed by atoms with Gasteiger partial charge in [-0.1, -0.05) is 43.2 Å². The molecule has 3 nitrogen and oxygen atoms in total. The molecule has 0 aliphatic heterocycles. The van der Waals surface area contributed by atoms with E-state index in [4.69, 9.17) is 10.7 Å². The Bertz CT molecular complexity index is 612. The maximum Gasteiger partial charge on any atom is 0.141 e. The predicted octanol–water partition coefficient (Wildman–Crippen LogP) is 4.51. The summed E-state index contributed by atoms with van der Waals surface area (Å²) in [7, 11) is 0. The van der Waals surface area contributed by atoms with Gasteiger partial charge in [0, 0.05) is 10.8 Å². The molecule has 2 aromatic rings. The molecule has 0 amide bonds. The second kappa shape index (κ2) is 6.96. The molecule has 0 spiro atoms. The molecule has 1 saturated carbocycles. The molecule has 1 aliphatic rings. The zero-order valence-electron chi connectivity index (χ0n) is 11.8. The van der Waals surface area contributed by atoms with Crippen molar-refractivity contribution < 1.29 is 0 Å². The molecule has 1 aromatic heterocycles. The van der Waals surface area contributed by atoms with Crippen LogP contribution in [0.3, 0.4) is 0 Å². The summed E-state index contributed by atoms with van der Waals surface area (Å²) in [4.78, 5) is 9.20. The van der Waals surface area contributed by atoms with Gasteiger partial charge in [0.25, 0.3) is 0 Å². The fourth-order valence-electron chi connectivity index (χ4n) is 2.61. The Morgan fingerprint density at radius 1 is 1.14 bits per heavy atom. The first-order valence-electron chi connectivity index (χ1n) is 7.23. The van der Waals surface area contributed by atoms with E-state index in [2.05, 4.69) is 39.7 Å². The molecular formula is C16H18IN3S. The Hall–Kier alpha value is -0.820. The number of thioether (sulfide) groups is 1. The number of nitrogens with two attached hydrogens (primary N) is 1. The van der Waals surface area contributed by atoms with Gasteiger partial charge in [0.2, 0.25) is 0 Å². The molecule has 1 aromatic carbocycles. The van der Waals surface area contributed by atoms with E-state index in [1.165, 1.54) is 25.7 Å². The van der Waals surface area contributed by atoms with Crippen LogP contribution in [0.2, 0.25) is 0 Å². The van der Waals surface area contributed by atoms with Crippen LogP contribution in [-0.2, 0) is 5.75 Å². The molecule has 110 valence electrons.